The van der Waals surface area contributed by atoms with Gasteiger partial charge in [-0.3, -0.25) is 0 Å². The van der Waals surface area contributed by atoms with Crippen LogP contribution in [0.5, 0.6) is 0 Å². The van der Waals surface area contributed by atoms with Crippen molar-refractivity contribution in [2.75, 3.05) is 6.54 Å². The first-order chi connectivity index (χ1) is 5.93. The number of halogens is 1. The summed E-state index contributed by atoms with van der Waals surface area (Å²) < 4.78 is 2.05. The molecule has 1 saturated carbocycles. The molecule has 1 aliphatic heterocycles. The first kappa shape index (κ1) is 8.97. The predicted molar refractivity (Wildman–Crippen MR) is 51.0 cm³/mol. The van der Waals surface area contributed by atoms with Gasteiger partial charge in [0.15, 0.2) is 5.82 Å². The molecule has 13 heavy (non-hydrogen) atoms. The van der Waals surface area contributed by atoms with E-state index in [4.69, 9.17) is 0 Å². The Morgan fingerprint density at radius 3 is 2.92 bits per heavy atom. The summed E-state index contributed by atoms with van der Waals surface area (Å²) in [5.74, 6) is 2.87. The molecule has 0 saturated heterocycles. The molecule has 3 rings (SSSR count). The maximum absolute atomic E-state index is 4.50. The zero-order chi connectivity index (χ0) is 7.97. The summed E-state index contributed by atoms with van der Waals surface area (Å²) >= 11 is 0. The fourth-order valence-electron chi connectivity index (χ4n) is 1.60. The number of fused-ring (bicyclic) bond motifs is 1. The predicted octanol–water partition coefficient (Wildman–Crippen LogP) is 0.680. The van der Waals surface area contributed by atoms with E-state index in [9.17, 15) is 0 Å². The Bertz CT molecular complexity index is 282. The fraction of sp³-hybridized carbons (Fsp3) is 0.750. The van der Waals surface area contributed by atoms with E-state index in [1.807, 2.05) is 4.68 Å². The van der Waals surface area contributed by atoms with Gasteiger partial charge < -0.3 is 5.32 Å². The molecular formula is C8H13ClN4. The number of hydrogen-bond acceptors (Lipinski definition) is 3. The van der Waals surface area contributed by atoms with Crippen LogP contribution in [0.15, 0.2) is 0 Å². The molecule has 2 aliphatic rings. The highest BCUT2D eigenvalue weighted by atomic mass is 35.5. The summed E-state index contributed by atoms with van der Waals surface area (Å²) in [4.78, 5) is 4.50. The van der Waals surface area contributed by atoms with E-state index in [1.165, 1.54) is 12.8 Å². The van der Waals surface area contributed by atoms with E-state index in [-0.39, 0.29) is 12.4 Å². The monoisotopic (exact) mass is 200 g/mol. The molecule has 1 fully saturated rings. The summed E-state index contributed by atoms with van der Waals surface area (Å²) in [5, 5.41) is 7.77. The highest BCUT2D eigenvalue weighted by molar-refractivity contribution is 5.85. The van der Waals surface area contributed by atoms with Crippen molar-refractivity contribution < 1.29 is 0 Å². The molecule has 1 N–H and O–H groups in total. The van der Waals surface area contributed by atoms with E-state index in [0.717, 1.165) is 31.3 Å². The lowest BCUT2D eigenvalue weighted by Crippen LogP contribution is -2.28. The van der Waals surface area contributed by atoms with Crippen molar-refractivity contribution in [3.63, 3.8) is 0 Å². The van der Waals surface area contributed by atoms with Crippen LogP contribution in [0, 0.1) is 0 Å². The van der Waals surface area contributed by atoms with Crippen molar-refractivity contribution in [3.05, 3.63) is 11.6 Å². The number of rotatable bonds is 1. The summed E-state index contributed by atoms with van der Waals surface area (Å²) in [7, 11) is 0. The van der Waals surface area contributed by atoms with Crippen molar-refractivity contribution in [3.8, 4) is 0 Å². The van der Waals surface area contributed by atoms with Crippen LogP contribution >= 0.6 is 12.4 Å². The maximum Gasteiger partial charge on any atom is 0.154 e. The molecule has 1 aromatic rings. The Morgan fingerprint density at radius 2 is 2.23 bits per heavy atom. The highest BCUT2D eigenvalue weighted by Gasteiger charge is 2.29. The van der Waals surface area contributed by atoms with Crippen molar-refractivity contribution in [2.24, 2.45) is 0 Å². The first-order valence-electron chi connectivity index (χ1n) is 4.58. The van der Waals surface area contributed by atoms with Crippen LogP contribution < -0.4 is 5.32 Å². The molecular weight excluding hydrogens is 188 g/mol. The topological polar surface area (TPSA) is 42.7 Å². The average Bonchev–Trinajstić information content (AvgIpc) is 2.85. The number of hydrogen-bond donors (Lipinski definition) is 1. The second-order valence-corrected chi connectivity index (χ2v) is 3.56. The first-order valence-corrected chi connectivity index (χ1v) is 4.58. The summed E-state index contributed by atoms with van der Waals surface area (Å²) in [6, 6.07) is 0. The Morgan fingerprint density at radius 1 is 1.38 bits per heavy atom. The van der Waals surface area contributed by atoms with E-state index in [0.29, 0.717) is 5.92 Å². The summed E-state index contributed by atoms with van der Waals surface area (Å²) in [5.41, 5.74) is 0. The lowest BCUT2D eigenvalue weighted by Gasteiger charge is -2.11. The number of nitrogens with one attached hydrogen (secondary N) is 1. The molecule has 0 radical (unpaired) electrons. The minimum atomic E-state index is 0. The zero-order valence-corrected chi connectivity index (χ0v) is 8.18. The Kier molecular flexibility index (Phi) is 2.26. The minimum Gasteiger partial charge on any atom is -0.308 e. The summed E-state index contributed by atoms with van der Waals surface area (Å²) in [6.07, 6.45) is 2.58. The molecule has 0 aromatic carbocycles. The third kappa shape index (κ3) is 1.56. The SMILES string of the molecule is C1Cn2nc(C3CC3)nc2CN1.Cl. The van der Waals surface area contributed by atoms with Crippen LogP contribution in [0.25, 0.3) is 0 Å². The van der Waals surface area contributed by atoms with Gasteiger partial charge in [-0.05, 0) is 12.8 Å². The molecule has 0 unspecified atom stereocenters. The lowest BCUT2D eigenvalue weighted by atomic mass is 10.4. The van der Waals surface area contributed by atoms with Gasteiger partial charge in [0.25, 0.3) is 0 Å². The van der Waals surface area contributed by atoms with Crippen molar-refractivity contribution in [1.29, 1.82) is 0 Å². The van der Waals surface area contributed by atoms with Crippen LogP contribution in [-0.4, -0.2) is 21.3 Å². The van der Waals surface area contributed by atoms with Crippen molar-refractivity contribution >= 4 is 12.4 Å². The average molecular weight is 201 g/mol. The van der Waals surface area contributed by atoms with E-state index < -0.39 is 0 Å². The molecule has 0 atom stereocenters. The van der Waals surface area contributed by atoms with Gasteiger partial charge in [-0.25, -0.2) is 9.67 Å². The molecule has 2 heterocycles. The Hall–Kier alpha value is -0.610. The molecule has 1 aromatic heterocycles. The van der Waals surface area contributed by atoms with Gasteiger partial charge >= 0.3 is 0 Å². The normalized spacial score (nSPS) is 20.6. The molecule has 0 bridgehead atoms. The van der Waals surface area contributed by atoms with Gasteiger partial charge in [-0.2, -0.15) is 5.10 Å². The number of nitrogens with zero attached hydrogens (tertiary/aromatic N) is 3. The Balaban J connectivity index is 0.000000653. The van der Waals surface area contributed by atoms with Crippen LogP contribution in [0.4, 0.5) is 0 Å². The highest BCUT2D eigenvalue weighted by Crippen LogP contribution is 2.38. The second kappa shape index (κ2) is 3.27. The fourth-order valence-corrected chi connectivity index (χ4v) is 1.60. The quantitative estimate of drug-likeness (QED) is 0.725. The van der Waals surface area contributed by atoms with E-state index in [2.05, 4.69) is 15.4 Å². The van der Waals surface area contributed by atoms with E-state index in [1.54, 1.807) is 0 Å². The third-order valence-corrected chi connectivity index (χ3v) is 2.49. The smallest absolute Gasteiger partial charge is 0.154 e. The van der Waals surface area contributed by atoms with Crippen LogP contribution in [0.1, 0.15) is 30.4 Å². The lowest BCUT2D eigenvalue weighted by molar-refractivity contribution is 0.467. The number of aromatic nitrogens is 3. The largest absolute Gasteiger partial charge is 0.308 e. The third-order valence-electron chi connectivity index (χ3n) is 2.49. The van der Waals surface area contributed by atoms with Crippen LogP contribution in [0.2, 0.25) is 0 Å². The molecule has 4 nitrogen and oxygen atoms in total. The van der Waals surface area contributed by atoms with Crippen LogP contribution in [0.3, 0.4) is 0 Å². The van der Waals surface area contributed by atoms with Gasteiger partial charge in [0, 0.05) is 12.5 Å². The Labute approximate surface area is 83.1 Å². The van der Waals surface area contributed by atoms with Gasteiger partial charge in [0.05, 0.1) is 13.1 Å². The van der Waals surface area contributed by atoms with Crippen molar-refractivity contribution in [2.45, 2.75) is 31.8 Å². The molecule has 0 amide bonds. The molecule has 0 spiro atoms. The molecule has 72 valence electrons. The van der Waals surface area contributed by atoms with E-state index >= 15 is 0 Å². The standard InChI is InChI=1S/C8H12N4.ClH/c1-2-6(1)8-10-7-5-9-3-4-12(7)11-8;/h6,9H,1-5H2;1H. The van der Waals surface area contributed by atoms with Crippen molar-refractivity contribution in [1.82, 2.24) is 20.1 Å². The van der Waals surface area contributed by atoms with Gasteiger partial charge in [-0.15, -0.1) is 12.4 Å². The van der Waals surface area contributed by atoms with Crippen LogP contribution in [-0.2, 0) is 13.1 Å². The molecule has 5 heteroatoms. The van der Waals surface area contributed by atoms with Gasteiger partial charge in [-0.1, -0.05) is 0 Å². The second-order valence-electron chi connectivity index (χ2n) is 3.56. The minimum absolute atomic E-state index is 0. The van der Waals surface area contributed by atoms with Gasteiger partial charge in [0.2, 0.25) is 0 Å². The summed E-state index contributed by atoms with van der Waals surface area (Å²) in [6.45, 7) is 2.90. The molecule has 1 aliphatic carbocycles. The maximum atomic E-state index is 4.50. The van der Waals surface area contributed by atoms with Gasteiger partial charge in [0.1, 0.15) is 5.82 Å². The zero-order valence-electron chi connectivity index (χ0n) is 7.36.